The van der Waals surface area contributed by atoms with E-state index in [9.17, 15) is 18.0 Å². The van der Waals surface area contributed by atoms with E-state index >= 15 is 0 Å². The third-order valence-corrected chi connectivity index (χ3v) is 4.52. The molecule has 1 aliphatic rings. The molecule has 1 saturated heterocycles. The lowest BCUT2D eigenvalue weighted by Crippen LogP contribution is -2.35. The van der Waals surface area contributed by atoms with Crippen LogP contribution in [0.15, 0.2) is 24.3 Å². The number of hydrogen-bond donors (Lipinski definition) is 2. The van der Waals surface area contributed by atoms with Crippen LogP contribution in [-0.2, 0) is 17.4 Å². The fraction of sp³-hybridized carbons (Fsp3) is 0.611. The van der Waals surface area contributed by atoms with Crippen LogP contribution in [0.5, 0.6) is 0 Å². The summed E-state index contributed by atoms with van der Waals surface area (Å²) < 4.78 is 37.6. The molecule has 2 atom stereocenters. The Morgan fingerprint density at radius 2 is 2.00 bits per heavy atom. The van der Waals surface area contributed by atoms with E-state index in [1.165, 1.54) is 25.0 Å². The second-order valence-corrected chi connectivity index (χ2v) is 6.59. The first-order chi connectivity index (χ1) is 11.4. The van der Waals surface area contributed by atoms with Crippen molar-refractivity contribution in [1.29, 1.82) is 0 Å². The zero-order valence-corrected chi connectivity index (χ0v) is 15.2. The molecular formula is C18H26ClF3N2O. The summed E-state index contributed by atoms with van der Waals surface area (Å²) >= 11 is 0. The number of carbonyl (C=O) groups excluding carboxylic acids is 1. The standard InChI is InChI=1S/C18H25F3N2O.ClH/c1-13(11-14-4-6-16(7-5-14)18(19,20)21)17(24)23-10-8-15-3-2-9-22-12-15;/h4-7,13,15,22H,2-3,8-12H2,1H3,(H,23,24);1H. The molecule has 142 valence electrons. The van der Waals surface area contributed by atoms with Gasteiger partial charge in [-0.3, -0.25) is 4.79 Å². The lowest BCUT2D eigenvalue weighted by Gasteiger charge is -2.23. The molecule has 0 aromatic heterocycles. The van der Waals surface area contributed by atoms with Crippen molar-refractivity contribution >= 4 is 18.3 Å². The van der Waals surface area contributed by atoms with Crippen LogP contribution in [0.3, 0.4) is 0 Å². The molecule has 1 amide bonds. The lowest BCUT2D eigenvalue weighted by atomic mass is 9.96. The van der Waals surface area contributed by atoms with E-state index in [1.54, 1.807) is 6.92 Å². The molecule has 1 aromatic rings. The first kappa shape index (κ1) is 21.8. The highest BCUT2D eigenvalue weighted by Crippen LogP contribution is 2.29. The molecule has 7 heteroatoms. The minimum atomic E-state index is -4.32. The fourth-order valence-electron chi connectivity index (χ4n) is 3.02. The van der Waals surface area contributed by atoms with Crippen LogP contribution in [0.4, 0.5) is 13.2 Å². The smallest absolute Gasteiger partial charge is 0.356 e. The molecule has 0 radical (unpaired) electrons. The van der Waals surface area contributed by atoms with Gasteiger partial charge >= 0.3 is 6.18 Å². The van der Waals surface area contributed by atoms with Crippen LogP contribution < -0.4 is 10.6 Å². The van der Waals surface area contributed by atoms with Crippen LogP contribution in [0, 0.1) is 11.8 Å². The fourth-order valence-corrected chi connectivity index (χ4v) is 3.02. The number of rotatable bonds is 6. The second kappa shape index (κ2) is 10.0. The molecule has 1 aromatic carbocycles. The van der Waals surface area contributed by atoms with Crippen molar-refractivity contribution < 1.29 is 18.0 Å². The normalized spacial score (nSPS) is 19.0. The molecule has 2 unspecified atom stereocenters. The van der Waals surface area contributed by atoms with Crippen molar-refractivity contribution in [3.63, 3.8) is 0 Å². The maximum absolute atomic E-state index is 12.5. The van der Waals surface area contributed by atoms with Gasteiger partial charge in [-0.05, 0) is 62.4 Å². The Balaban J connectivity index is 0.00000312. The van der Waals surface area contributed by atoms with Crippen molar-refractivity contribution in [3.05, 3.63) is 35.4 Å². The molecule has 0 saturated carbocycles. The molecule has 3 nitrogen and oxygen atoms in total. The number of alkyl halides is 3. The highest BCUT2D eigenvalue weighted by Gasteiger charge is 2.30. The summed E-state index contributed by atoms with van der Waals surface area (Å²) in [4.78, 5) is 12.1. The van der Waals surface area contributed by atoms with Crippen molar-refractivity contribution in [1.82, 2.24) is 10.6 Å². The molecule has 1 aliphatic heterocycles. The first-order valence-corrected chi connectivity index (χ1v) is 8.51. The van der Waals surface area contributed by atoms with Crippen molar-refractivity contribution in [2.75, 3.05) is 19.6 Å². The number of hydrogen-bond acceptors (Lipinski definition) is 2. The monoisotopic (exact) mass is 378 g/mol. The van der Waals surface area contributed by atoms with E-state index in [4.69, 9.17) is 0 Å². The Kier molecular flexibility index (Phi) is 8.73. The summed E-state index contributed by atoms with van der Waals surface area (Å²) in [5.74, 6) is 0.314. The Morgan fingerprint density at radius 1 is 1.32 bits per heavy atom. The van der Waals surface area contributed by atoms with Crippen molar-refractivity contribution in [3.8, 4) is 0 Å². The zero-order chi connectivity index (χ0) is 17.6. The zero-order valence-electron chi connectivity index (χ0n) is 14.4. The van der Waals surface area contributed by atoms with E-state index in [1.807, 2.05) is 0 Å². The van der Waals surface area contributed by atoms with Crippen LogP contribution in [0.1, 0.15) is 37.3 Å². The van der Waals surface area contributed by atoms with E-state index < -0.39 is 11.7 Å². The minimum Gasteiger partial charge on any atom is -0.356 e. The number of halogens is 4. The lowest BCUT2D eigenvalue weighted by molar-refractivity contribution is -0.137. The average Bonchev–Trinajstić information content (AvgIpc) is 2.55. The molecule has 2 rings (SSSR count). The van der Waals surface area contributed by atoms with Crippen LogP contribution >= 0.6 is 12.4 Å². The number of amides is 1. The maximum atomic E-state index is 12.5. The summed E-state index contributed by atoms with van der Waals surface area (Å²) in [7, 11) is 0. The topological polar surface area (TPSA) is 41.1 Å². The minimum absolute atomic E-state index is 0. The largest absolute Gasteiger partial charge is 0.416 e. The quantitative estimate of drug-likeness (QED) is 0.790. The SMILES string of the molecule is CC(Cc1ccc(C(F)(F)F)cc1)C(=O)NCCC1CCCNC1.Cl. The first-order valence-electron chi connectivity index (χ1n) is 8.51. The van der Waals surface area contributed by atoms with Gasteiger partial charge in [-0.25, -0.2) is 0 Å². The highest BCUT2D eigenvalue weighted by atomic mass is 35.5. The molecule has 25 heavy (non-hydrogen) atoms. The number of nitrogens with one attached hydrogen (secondary N) is 2. The number of carbonyl (C=O) groups is 1. The van der Waals surface area contributed by atoms with Gasteiger partial charge in [0, 0.05) is 12.5 Å². The Bertz CT molecular complexity index is 528. The Hall–Kier alpha value is -1.27. The van der Waals surface area contributed by atoms with Gasteiger partial charge < -0.3 is 10.6 Å². The third kappa shape index (κ3) is 7.24. The van der Waals surface area contributed by atoms with Gasteiger partial charge in [0.1, 0.15) is 0 Å². The summed E-state index contributed by atoms with van der Waals surface area (Å²) in [5.41, 5.74) is 0.0755. The summed E-state index contributed by atoms with van der Waals surface area (Å²) in [6.45, 7) is 4.54. The molecule has 0 bridgehead atoms. The van der Waals surface area contributed by atoms with E-state index in [0.717, 1.165) is 37.2 Å². The maximum Gasteiger partial charge on any atom is 0.416 e. The summed E-state index contributed by atoms with van der Waals surface area (Å²) in [5, 5.41) is 6.29. The molecule has 0 aliphatic carbocycles. The third-order valence-electron chi connectivity index (χ3n) is 4.52. The van der Waals surface area contributed by atoms with Gasteiger partial charge in [0.05, 0.1) is 5.56 Å². The Morgan fingerprint density at radius 3 is 2.56 bits per heavy atom. The van der Waals surface area contributed by atoms with Gasteiger partial charge in [0.2, 0.25) is 5.91 Å². The second-order valence-electron chi connectivity index (χ2n) is 6.59. The predicted octanol–water partition coefficient (Wildman–Crippen LogP) is 3.81. The van der Waals surface area contributed by atoms with Gasteiger partial charge in [0.25, 0.3) is 0 Å². The van der Waals surface area contributed by atoms with Gasteiger partial charge in [-0.2, -0.15) is 13.2 Å². The molecule has 2 N–H and O–H groups in total. The van der Waals surface area contributed by atoms with Crippen molar-refractivity contribution in [2.24, 2.45) is 11.8 Å². The van der Waals surface area contributed by atoms with Gasteiger partial charge in [-0.1, -0.05) is 19.1 Å². The van der Waals surface area contributed by atoms with Gasteiger partial charge in [-0.15, -0.1) is 12.4 Å². The molecule has 1 fully saturated rings. The van der Waals surface area contributed by atoms with E-state index in [2.05, 4.69) is 10.6 Å². The highest BCUT2D eigenvalue weighted by molar-refractivity contribution is 5.85. The van der Waals surface area contributed by atoms with Crippen LogP contribution in [-0.4, -0.2) is 25.5 Å². The van der Waals surface area contributed by atoms with E-state index in [0.29, 0.717) is 18.9 Å². The number of piperidine rings is 1. The number of benzene rings is 1. The molecule has 0 spiro atoms. The summed E-state index contributed by atoms with van der Waals surface area (Å²) in [6.07, 6.45) is -0.539. The average molecular weight is 379 g/mol. The molecular weight excluding hydrogens is 353 g/mol. The van der Waals surface area contributed by atoms with Crippen LogP contribution in [0.2, 0.25) is 0 Å². The van der Waals surface area contributed by atoms with E-state index in [-0.39, 0.29) is 24.2 Å². The molecule has 1 heterocycles. The van der Waals surface area contributed by atoms with Gasteiger partial charge in [0.15, 0.2) is 0 Å². The van der Waals surface area contributed by atoms with Crippen LogP contribution in [0.25, 0.3) is 0 Å². The Labute approximate surface area is 153 Å². The summed E-state index contributed by atoms with van der Waals surface area (Å²) in [6, 6.07) is 5.02. The predicted molar refractivity (Wildman–Crippen MR) is 94.8 cm³/mol. The van der Waals surface area contributed by atoms with Crippen molar-refractivity contribution in [2.45, 2.75) is 38.8 Å².